The Hall–Kier alpha value is -1.80. The third-order valence-corrected chi connectivity index (χ3v) is 3.84. The fourth-order valence-electron chi connectivity index (χ4n) is 2.55. The first-order valence-electron chi connectivity index (χ1n) is 7.63. The minimum absolute atomic E-state index is 0.325. The molecule has 0 aliphatic heterocycles. The predicted molar refractivity (Wildman–Crippen MR) is 88.8 cm³/mol. The third-order valence-electron chi connectivity index (χ3n) is 3.84. The molecule has 0 aliphatic carbocycles. The van der Waals surface area contributed by atoms with Crippen molar-refractivity contribution < 1.29 is 4.74 Å². The van der Waals surface area contributed by atoms with E-state index in [1.54, 1.807) is 7.11 Å². The number of rotatable bonds is 7. The van der Waals surface area contributed by atoms with Gasteiger partial charge >= 0.3 is 0 Å². The quantitative estimate of drug-likeness (QED) is 0.815. The van der Waals surface area contributed by atoms with E-state index in [1.165, 1.54) is 11.1 Å². The predicted octanol–water partition coefficient (Wildman–Crippen LogP) is 4.37. The van der Waals surface area contributed by atoms with E-state index in [0.717, 1.165) is 18.6 Å². The number of benzene rings is 2. The van der Waals surface area contributed by atoms with Crippen LogP contribution in [0, 0.1) is 0 Å². The SMILES string of the molecule is COc1cccc([C@H](C)N[C@H](C)CCc2ccccc2)c1. The van der Waals surface area contributed by atoms with Crippen LogP contribution in [-0.2, 0) is 6.42 Å². The molecule has 0 saturated heterocycles. The van der Waals surface area contributed by atoms with Gasteiger partial charge in [0.05, 0.1) is 7.11 Å². The first kappa shape index (κ1) is 15.6. The fraction of sp³-hybridized carbons (Fsp3) is 0.368. The minimum atomic E-state index is 0.325. The lowest BCUT2D eigenvalue weighted by Crippen LogP contribution is -2.29. The summed E-state index contributed by atoms with van der Waals surface area (Å²) in [5, 5.41) is 3.66. The lowest BCUT2D eigenvalue weighted by molar-refractivity contribution is 0.411. The molecule has 2 heteroatoms. The summed E-state index contributed by atoms with van der Waals surface area (Å²) in [7, 11) is 1.71. The van der Waals surface area contributed by atoms with Crippen LogP contribution in [0.15, 0.2) is 54.6 Å². The molecule has 112 valence electrons. The van der Waals surface area contributed by atoms with Gasteiger partial charge in [-0.25, -0.2) is 0 Å². The maximum atomic E-state index is 5.29. The van der Waals surface area contributed by atoms with Crippen molar-refractivity contribution in [3.63, 3.8) is 0 Å². The maximum absolute atomic E-state index is 5.29. The fourth-order valence-corrected chi connectivity index (χ4v) is 2.55. The van der Waals surface area contributed by atoms with Crippen LogP contribution in [0.2, 0.25) is 0 Å². The number of hydrogen-bond donors (Lipinski definition) is 1. The lowest BCUT2D eigenvalue weighted by atomic mass is 10.0. The average Bonchev–Trinajstić information content (AvgIpc) is 2.54. The first-order chi connectivity index (χ1) is 10.2. The smallest absolute Gasteiger partial charge is 0.119 e. The van der Waals surface area contributed by atoms with Crippen LogP contribution in [0.4, 0.5) is 0 Å². The molecule has 0 spiro atoms. The molecular formula is C19H25NO. The third kappa shape index (κ3) is 4.91. The van der Waals surface area contributed by atoms with Gasteiger partial charge in [0.2, 0.25) is 0 Å². The molecular weight excluding hydrogens is 258 g/mol. The molecule has 0 aromatic heterocycles. The molecule has 0 heterocycles. The van der Waals surface area contributed by atoms with Crippen LogP contribution in [0.3, 0.4) is 0 Å². The topological polar surface area (TPSA) is 21.3 Å². The van der Waals surface area contributed by atoms with Crippen molar-refractivity contribution in [3.8, 4) is 5.75 Å². The van der Waals surface area contributed by atoms with Crippen molar-refractivity contribution in [2.75, 3.05) is 7.11 Å². The Morgan fingerprint density at radius 1 is 1.00 bits per heavy atom. The molecule has 0 bridgehead atoms. The molecule has 0 amide bonds. The summed E-state index contributed by atoms with van der Waals surface area (Å²) < 4.78 is 5.29. The summed E-state index contributed by atoms with van der Waals surface area (Å²) in [6.45, 7) is 4.45. The van der Waals surface area contributed by atoms with Gasteiger partial charge in [0, 0.05) is 12.1 Å². The highest BCUT2D eigenvalue weighted by Gasteiger charge is 2.10. The highest BCUT2D eigenvalue weighted by Crippen LogP contribution is 2.19. The normalized spacial score (nSPS) is 13.7. The molecule has 1 N–H and O–H groups in total. The lowest BCUT2D eigenvalue weighted by Gasteiger charge is -2.21. The average molecular weight is 283 g/mol. The van der Waals surface area contributed by atoms with Gasteiger partial charge < -0.3 is 10.1 Å². The van der Waals surface area contributed by atoms with Crippen molar-refractivity contribution in [2.45, 2.75) is 38.8 Å². The largest absolute Gasteiger partial charge is 0.497 e. The Labute approximate surface area is 128 Å². The van der Waals surface area contributed by atoms with Gasteiger partial charge in [-0.2, -0.15) is 0 Å². The van der Waals surface area contributed by atoms with Gasteiger partial charge in [0.15, 0.2) is 0 Å². The van der Waals surface area contributed by atoms with Gasteiger partial charge in [-0.3, -0.25) is 0 Å². The molecule has 2 aromatic rings. The van der Waals surface area contributed by atoms with Gasteiger partial charge in [-0.1, -0.05) is 42.5 Å². The van der Waals surface area contributed by atoms with Crippen LogP contribution in [0.1, 0.15) is 37.4 Å². The molecule has 2 nitrogen and oxygen atoms in total. The molecule has 2 atom stereocenters. The van der Waals surface area contributed by atoms with Crippen LogP contribution < -0.4 is 10.1 Å². The van der Waals surface area contributed by atoms with E-state index < -0.39 is 0 Å². The number of nitrogens with one attached hydrogen (secondary N) is 1. The molecule has 0 saturated carbocycles. The molecule has 0 aliphatic rings. The minimum Gasteiger partial charge on any atom is -0.497 e. The summed E-state index contributed by atoms with van der Waals surface area (Å²) in [4.78, 5) is 0. The molecule has 21 heavy (non-hydrogen) atoms. The van der Waals surface area contributed by atoms with Crippen molar-refractivity contribution in [1.29, 1.82) is 0 Å². The molecule has 0 radical (unpaired) electrons. The van der Waals surface area contributed by atoms with Crippen LogP contribution in [-0.4, -0.2) is 13.2 Å². The summed E-state index contributed by atoms with van der Waals surface area (Å²) in [6, 6.07) is 19.7. The Morgan fingerprint density at radius 2 is 1.76 bits per heavy atom. The Bertz CT molecular complexity index is 538. The van der Waals surface area contributed by atoms with Gasteiger partial charge in [-0.05, 0) is 49.9 Å². The van der Waals surface area contributed by atoms with E-state index in [9.17, 15) is 0 Å². The van der Waals surface area contributed by atoms with E-state index in [-0.39, 0.29) is 0 Å². The van der Waals surface area contributed by atoms with Crippen LogP contribution >= 0.6 is 0 Å². The monoisotopic (exact) mass is 283 g/mol. The van der Waals surface area contributed by atoms with Crippen LogP contribution in [0.5, 0.6) is 5.75 Å². The Balaban J connectivity index is 1.85. The second-order valence-corrected chi connectivity index (χ2v) is 5.59. The molecule has 0 fully saturated rings. The zero-order valence-corrected chi connectivity index (χ0v) is 13.2. The van der Waals surface area contributed by atoms with Gasteiger partial charge in [-0.15, -0.1) is 0 Å². The van der Waals surface area contributed by atoms with Crippen LogP contribution in [0.25, 0.3) is 0 Å². The summed E-state index contributed by atoms with van der Waals surface area (Å²) in [6.07, 6.45) is 2.25. The summed E-state index contributed by atoms with van der Waals surface area (Å²) in [5.74, 6) is 0.915. The van der Waals surface area contributed by atoms with E-state index in [1.807, 2.05) is 12.1 Å². The maximum Gasteiger partial charge on any atom is 0.119 e. The highest BCUT2D eigenvalue weighted by molar-refractivity contribution is 5.30. The molecule has 2 aromatic carbocycles. The number of aryl methyl sites for hydroxylation is 1. The van der Waals surface area contributed by atoms with Gasteiger partial charge in [0.25, 0.3) is 0 Å². The van der Waals surface area contributed by atoms with Gasteiger partial charge in [0.1, 0.15) is 5.75 Å². The van der Waals surface area contributed by atoms with E-state index in [0.29, 0.717) is 12.1 Å². The first-order valence-corrected chi connectivity index (χ1v) is 7.63. The van der Waals surface area contributed by atoms with Crippen molar-refractivity contribution in [3.05, 3.63) is 65.7 Å². The Morgan fingerprint density at radius 3 is 2.48 bits per heavy atom. The number of ether oxygens (including phenoxy) is 1. The second-order valence-electron chi connectivity index (χ2n) is 5.59. The summed E-state index contributed by atoms with van der Waals surface area (Å²) in [5.41, 5.74) is 2.67. The zero-order valence-electron chi connectivity index (χ0n) is 13.2. The molecule has 2 rings (SSSR count). The standard InChI is InChI=1S/C19H25NO/c1-15(12-13-17-8-5-4-6-9-17)20-16(2)18-10-7-11-19(14-18)21-3/h4-11,14-16,20H,12-13H2,1-3H3/t15-,16+/m1/s1. The van der Waals surface area contributed by atoms with Crippen molar-refractivity contribution in [1.82, 2.24) is 5.32 Å². The molecule has 0 unspecified atom stereocenters. The number of hydrogen-bond acceptors (Lipinski definition) is 2. The highest BCUT2D eigenvalue weighted by atomic mass is 16.5. The van der Waals surface area contributed by atoms with E-state index >= 15 is 0 Å². The summed E-state index contributed by atoms with van der Waals surface area (Å²) >= 11 is 0. The Kier molecular flexibility index (Phi) is 5.82. The number of methoxy groups -OCH3 is 1. The second kappa shape index (κ2) is 7.84. The van der Waals surface area contributed by atoms with Crippen molar-refractivity contribution in [2.24, 2.45) is 0 Å². The van der Waals surface area contributed by atoms with E-state index in [2.05, 4.69) is 61.6 Å². The van der Waals surface area contributed by atoms with Crippen molar-refractivity contribution >= 4 is 0 Å². The zero-order chi connectivity index (χ0) is 15.1. The van der Waals surface area contributed by atoms with E-state index in [4.69, 9.17) is 4.74 Å².